The van der Waals surface area contributed by atoms with E-state index in [1.807, 2.05) is 0 Å². The first-order valence-electron chi connectivity index (χ1n) is 36.0. The molecule has 1 saturated carbocycles. The number of hydrogen-bond acceptors (Lipinski definition) is 7. The van der Waals surface area contributed by atoms with E-state index in [9.17, 15) is 0 Å². The van der Waals surface area contributed by atoms with Gasteiger partial charge in [0, 0.05) is 182 Å². The third-order valence-corrected chi connectivity index (χ3v) is 22.5. The normalized spacial score (nSPS) is 15.7. The highest BCUT2D eigenvalue weighted by Crippen LogP contribution is 2.56. The minimum absolute atomic E-state index is 0.138. The molecule has 11 nitrogen and oxygen atoms in total. The van der Waals surface area contributed by atoms with E-state index < -0.39 is 0 Å². The van der Waals surface area contributed by atoms with Gasteiger partial charge in [0.2, 0.25) is 0 Å². The first-order chi connectivity index (χ1) is 50.3. The van der Waals surface area contributed by atoms with Crippen LogP contribution in [-0.2, 0) is 19.6 Å². The van der Waals surface area contributed by atoms with Gasteiger partial charge in [-0.1, -0.05) is 72.8 Å². The van der Waals surface area contributed by atoms with Crippen molar-refractivity contribution in [1.82, 2.24) is 18.3 Å². The molecule has 500 valence electrons. The second-order valence-corrected chi connectivity index (χ2v) is 27.4. The van der Waals surface area contributed by atoms with Crippen molar-refractivity contribution in [3.63, 3.8) is 0 Å². The summed E-state index contributed by atoms with van der Waals surface area (Å²) in [5.74, 6) is 2.60. The van der Waals surface area contributed by atoms with E-state index >= 15 is 0 Å². The number of hydrogen-bond donors (Lipinski definition) is 0. The molecule has 1 fully saturated rings. The van der Waals surface area contributed by atoms with Crippen LogP contribution in [0.15, 0.2) is 284 Å². The molecule has 3 atom stereocenters. The zero-order valence-electron chi connectivity index (χ0n) is 58.3. The Labute approximate surface area is 593 Å². The number of aryl methyl sites for hydroxylation is 3. The molecule has 5 heterocycles. The number of para-hydroxylation sites is 4. The lowest BCUT2D eigenvalue weighted by Gasteiger charge is -2.46. The Morgan fingerprint density at radius 1 is 0.324 bits per heavy atom. The molecule has 0 radical (unpaired) electrons. The predicted molar refractivity (Wildman–Crippen MR) is 424 cm³/mol. The van der Waals surface area contributed by atoms with Crippen LogP contribution < -0.4 is 33.8 Å². The van der Waals surface area contributed by atoms with E-state index in [4.69, 9.17) is 14.2 Å². The van der Waals surface area contributed by atoms with Gasteiger partial charge in [0.15, 0.2) is 0 Å². The maximum absolute atomic E-state index is 5.80. The van der Waals surface area contributed by atoms with Gasteiger partial charge in [-0.2, -0.15) is 0 Å². The van der Waals surface area contributed by atoms with Gasteiger partial charge < -0.3 is 52.1 Å². The van der Waals surface area contributed by atoms with Crippen LogP contribution in [0.4, 0.5) is 51.2 Å². The topological polar surface area (TPSA) is 60.4 Å². The summed E-state index contributed by atoms with van der Waals surface area (Å²) in [5.41, 5.74) is 23.7. The van der Waals surface area contributed by atoms with Crippen LogP contribution in [0.25, 0.3) is 87.2 Å². The molecule has 0 bridgehead atoms. The van der Waals surface area contributed by atoms with Crippen LogP contribution in [0.1, 0.15) is 57.6 Å². The first-order valence-corrected chi connectivity index (χ1v) is 36.0. The Bertz CT molecular complexity index is 5840. The standard InChI is InChI=1S/C91H78N8O3/c1-7-92-80-22-14-10-18-70(80)74-52-61(32-44-83(74)92)95(58-26-38-67(100-4)39-27-58)64-35-47-87-77(55-64)73-21-13-17-25-86(73)98(87)90-50-51-91(90)99-88-48-36-65(96(59-28-40-68(101-5)41-29-59)62-33-45-84-75(53-62)71-19-11-15-23-81(71)93(84)8-2)56-78(88)79-57-66(37-49-89(79)99)97(60-30-42-69(102-6)43-31-60)63-34-46-85-76(54-63)72-20-12-16-24-82(72)94(85)9-3/h10-49,52-54,56-57,77,90-91H,7-9,50-51,55H2,1-6H3. The van der Waals surface area contributed by atoms with Crippen molar-refractivity contribution in [3.05, 3.63) is 290 Å². The zero-order valence-corrected chi connectivity index (χ0v) is 58.3. The minimum atomic E-state index is 0.138. The van der Waals surface area contributed by atoms with Gasteiger partial charge in [-0.3, -0.25) is 0 Å². The molecule has 19 rings (SSSR count). The van der Waals surface area contributed by atoms with Crippen molar-refractivity contribution in [2.45, 2.75) is 77.7 Å². The van der Waals surface area contributed by atoms with Gasteiger partial charge in [0.1, 0.15) is 17.2 Å². The number of fused-ring (bicyclic) bond motifs is 15. The van der Waals surface area contributed by atoms with Crippen LogP contribution in [-0.4, -0.2) is 45.6 Å². The molecule has 12 aromatic carbocycles. The highest BCUT2D eigenvalue weighted by Gasteiger charge is 2.46. The average Bonchev–Trinajstić information content (AvgIpc) is 1.56. The molecule has 0 spiro atoms. The van der Waals surface area contributed by atoms with Crippen molar-refractivity contribution in [2.24, 2.45) is 0 Å². The Balaban J connectivity index is 0.784. The van der Waals surface area contributed by atoms with E-state index in [2.05, 4.69) is 332 Å². The summed E-state index contributed by atoms with van der Waals surface area (Å²) in [7, 11) is 5.22. The molecule has 11 heteroatoms. The zero-order chi connectivity index (χ0) is 68.4. The van der Waals surface area contributed by atoms with E-state index in [1.165, 1.54) is 110 Å². The lowest BCUT2D eigenvalue weighted by molar-refractivity contribution is 0.263. The smallest absolute Gasteiger partial charge is 0.119 e. The van der Waals surface area contributed by atoms with E-state index in [0.29, 0.717) is 0 Å². The van der Waals surface area contributed by atoms with Crippen molar-refractivity contribution in [1.29, 1.82) is 0 Å². The molecule has 0 saturated heterocycles. The van der Waals surface area contributed by atoms with Crippen molar-refractivity contribution < 1.29 is 14.2 Å². The molecule has 0 amide bonds. The van der Waals surface area contributed by atoms with Gasteiger partial charge in [0.05, 0.1) is 33.4 Å². The number of allylic oxidation sites excluding steroid dienone is 4. The van der Waals surface area contributed by atoms with Crippen molar-refractivity contribution >= 4 is 138 Å². The maximum Gasteiger partial charge on any atom is 0.119 e. The van der Waals surface area contributed by atoms with E-state index in [-0.39, 0.29) is 18.0 Å². The fourth-order valence-electron chi connectivity index (χ4n) is 17.7. The highest BCUT2D eigenvalue weighted by atomic mass is 16.5. The first kappa shape index (κ1) is 61.0. The highest BCUT2D eigenvalue weighted by molar-refractivity contribution is 6.14. The number of aromatic nitrogens is 4. The lowest BCUT2D eigenvalue weighted by atomic mass is 9.83. The van der Waals surface area contributed by atoms with E-state index in [0.717, 1.165) is 102 Å². The van der Waals surface area contributed by atoms with Crippen molar-refractivity contribution in [3.8, 4) is 17.2 Å². The quantitative estimate of drug-likeness (QED) is 0.0900. The molecule has 1 aliphatic heterocycles. The third-order valence-electron chi connectivity index (χ3n) is 22.5. The third kappa shape index (κ3) is 9.46. The summed E-state index contributed by atoms with van der Waals surface area (Å²) in [6.07, 6.45) is 7.77. The van der Waals surface area contributed by atoms with Crippen LogP contribution in [0, 0.1) is 0 Å². The number of rotatable bonds is 17. The fraction of sp³-hybridized carbons (Fsp3) is 0.165. The van der Waals surface area contributed by atoms with Gasteiger partial charge >= 0.3 is 0 Å². The summed E-state index contributed by atoms with van der Waals surface area (Å²) in [6.45, 7) is 9.36. The molecule has 102 heavy (non-hydrogen) atoms. The largest absolute Gasteiger partial charge is 0.497 e. The number of methoxy groups -OCH3 is 3. The number of ether oxygens (including phenoxy) is 3. The molecule has 3 unspecified atom stereocenters. The van der Waals surface area contributed by atoms with Crippen LogP contribution in [0.3, 0.4) is 0 Å². The van der Waals surface area contributed by atoms with Crippen LogP contribution >= 0.6 is 0 Å². The second kappa shape index (κ2) is 24.4. The second-order valence-electron chi connectivity index (χ2n) is 27.4. The molecule has 2 aliphatic carbocycles. The van der Waals surface area contributed by atoms with Crippen LogP contribution in [0.5, 0.6) is 17.2 Å². The van der Waals surface area contributed by atoms with Gasteiger partial charge in [-0.05, 0) is 239 Å². The van der Waals surface area contributed by atoms with Gasteiger partial charge in [-0.25, -0.2) is 0 Å². The number of nitrogens with zero attached hydrogens (tertiary/aromatic N) is 8. The monoisotopic (exact) mass is 1330 g/mol. The SMILES string of the molecule is CCn1c2ccccc2c2cc(N(C3=CC=C4C(C3)c3ccccc3N4C3CCC3n3c4ccc(N(c5ccc(OC)cc5)c5ccc6c(c5)c5ccccc5n6CC)cc4c4cc(N(c5ccc(OC)cc5)c5ccc6c(c5)c5ccccc5n6CC)ccc43)c3ccc(OC)cc3)ccc21. The summed E-state index contributed by atoms with van der Waals surface area (Å²) in [5, 5.41) is 9.86. The Kier molecular flexibility index (Phi) is 14.6. The maximum atomic E-state index is 5.80. The summed E-state index contributed by atoms with van der Waals surface area (Å²) < 4.78 is 27.4. The molecular formula is C91H78N8O3. The van der Waals surface area contributed by atoms with Gasteiger partial charge in [-0.15, -0.1) is 0 Å². The van der Waals surface area contributed by atoms with Crippen LogP contribution in [0.2, 0.25) is 0 Å². The average molecular weight is 1330 g/mol. The predicted octanol–water partition coefficient (Wildman–Crippen LogP) is 23.5. The summed E-state index contributed by atoms with van der Waals surface area (Å²) >= 11 is 0. The van der Waals surface area contributed by atoms with Crippen molar-refractivity contribution in [2.75, 3.05) is 40.9 Å². The molecule has 0 N–H and O–H groups in total. The molecule has 3 aliphatic rings. The molecule has 16 aromatic rings. The number of anilines is 9. The molecule has 4 aromatic heterocycles. The minimum Gasteiger partial charge on any atom is -0.497 e. The Hall–Kier alpha value is -12.1. The number of benzene rings is 12. The molecular weight excluding hydrogens is 1250 g/mol. The summed E-state index contributed by atoms with van der Waals surface area (Å²) in [4.78, 5) is 10.1. The van der Waals surface area contributed by atoms with Gasteiger partial charge in [0.25, 0.3) is 0 Å². The van der Waals surface area contributed by atoms with E-state index in [1.54, 1.807) is 21.3 Å². The Morgan fingerprint density at radius 3 is 1.05 bits per heavy atom. The lowest BCUT2D eigenvalue weighted by Crippen LogP contribution is -2.47. The fourth-order valence-corrected chi connectivity index (χ4v) is 17.7. The summed E-state index contributed by atoms with van der Waals surface area (Å²) in [6, 6.07) is 97.2. The Morgan fingerprint density at radius 2 is 0.657 bits per heavy atom.